The van der Waals surface area contributed by atoms with E-state index < -0.39 is 0 Å². The number of nitrogens with one attached hydrogen (secondary N) is 1. The molecule has 2 nitrogen and oxygen atoms in total. The number of para-hydroxylation sites is 2. The van der Waals surface area contributed by atoms with E-state index in [1.165, 1.54) is 55.2 Å². The van der Waals surface area contributed by atoms with E-state index in [1.54, 1.807) is 0 Å². The topological polar surface area (TPSA) is 19.0 Å². The van der Waals surface area contributed by atoms with Crippen molar-refractivity contribution < 1.29 is 0 Å². The Morgan fingerprint density at radius 1 is 0.295 bits per heavy atom. The minimum absolute atomic E-state index is 1.12. The van der Waals surface area contributed by atoms with Crippen LogP contribution in [0, 0.1) is 0 Å². The molecule has 0 aliphatic heterocycles. The summed E-state index contributed by atoms with van der Waals surface area (Å²) in [5.41, 5.74) is 13.0. The number of rotatable bonds is 6. The molecule has 0 radical (unpaired) electrons. The van der Waals surface area contributed by atoms with Gasteiger partial charge in [-0.1, -0.05) is 121 Å². The Kier molecular flexibility index (Phi) is 6.51. The third kappa shape index (κ3) is 4.83. The Morgan fingerprint density at radius 3 is 1.32 bits per heavy atom. The van der Waals surface area contributed by atoms with Crippen molar-refractivity contribution in [1.82, 2.24) is 4.98 Å². The molecular weight excluding hydrogens is 532 g/mol. The first kappa shape index (κ1) is 25.8. The van der Waals surface area contributed by atoms with Crippen LogP contribution in [0.25, 0.3) is 55.2 Å². The van der Waals surface area contributed by atoms with Crippen molar-refractivity contribution in [2.75, 3.05) is 4.90 Å². The zero-order chi connectivity index (χ0) is 29.3. The molecule has 0 spiro atoms. The maximum Gasteiger partial charge on any atom is 0.0465 e. The molecule has 0 aliphatic rings. The normalized spacial score (nSPS) is 11.2. The van der Waals surface area contributed by atoms with Gasteiger partial charge >= 0.3 is 0 Å². The summed E-state index contributed by atoms with van der Waals surface area (Å²) in [7, 11) is 0. The van der Waals surface area contributed by atoms with Gasteiger partial charge in [-0.2, -0.15) is 0 Å². The lowest BCUT2D eigenvalue weighted by Gasteiger charge is -2.26. The van der Waals surface area contributed by atoms with Gasteiger partial charge in [-0.3, -0.25) is 0 Å². The summed E-state index contributed by atoms with van der Waals surface area (Å²) >= 11 is 0. The van der Waals surface area contributed by atoms with Crippen molar-refractivity contribution in [3.63, 3.8) is 0 Å². The van der Waals surface area contributed by atoms with Gasteiger partial charge in [0.05, 0.1) is 0 Å². The van der Waals surface area contributed by atoms with Gasteiger partial charge in [-0.25, -0.2) is 0 Å². The SMILES string of the molecule is c1ccc(-c2ccc(N(c3ccccc3)c3ccc(-c4ccc(-c5ccc6[nH]c7ccccc7c6c5)cc4)cc3)cc2)cc1. The lowest BCUT2D eigenvalue weighted by atomic mass is 9.99. The highest BCUT2D eigenvalue weighted by atomic mass is 15.1. The highest BCUT2D eigenvalue weighted by molar-refractivity contribution is 6.08. The molecule has 1 heterocycles. The summed E-state index contributed by atoms with van der Waals surface area (Å²) in [6.07, 6.45) is 0. The maximum absolute atomic E-state index is 3.53. The Morgan fingerprint density at radius 2 is 0.705 bits per heavy atom. The first-order valence-corrected chi connectivity index (χ1v) is 15.0. The summed E-state index contributed by atoms with van der Waals surface area (Å²) in [5, 5.41) is 2.52. The van der Waals surface area contributed by atoms with E-state index in [9.17, 15) is 0 Å². The molecule has 0 unspecified atom stereocenters. The predicted octanol–water partition coefficient (Wildman–Crippen LogP) is 11.8. The van der Waals surface area contributed by atoms with Gasteiger partial charge in [0.25, 0.3) is 0 Å². The monoisotopic (exact) mass is 562 g/mol. The van der Waals surface area contributed by atoms with Crippen molar-refractivity contribution in [3.05, 3.63) is 176 Å². The van der Waals surface area contributed by atoms with Crippen LogP contribution in [0.2, 0.25) is 0 Å². The number of benzene rings is 7. The second kappa shape index (κ2) is 11.1. The van der Waals surface area contributed by atoms with Crippen molar-refractivity contribution >= 4 is 38.9 Å². The molecule has 1 N–H and O–H groups in total. The summed E-state index contributed by atoms with van der Waals surface area (Å²) in [6.45, 7) is 0. The van der Waals surface area contributed by atoms with E-state index in [0.29, 0.717) is 0 Å². The zero-order valence-corrected chi connectivity index (χ0v) is 24.2. The Bertz CT molecular complexity index is 2180. The molecule has 8 aromatic rings. The first-order valence-electron chi connectivity index (χ1n) is 15.0. The zero-order valence-electron chi connectivity index (χ0n) is 24.2. The van der Waals surface area contributed by atoms with E-state index >= 15 is 0 Å². The van der Waals surface area contributed by atoms with Crippen molar-refractivity contribution in [3.8, 4) is 33.4 Å². The van der Waals surface area contributed by atoms with E-state index in [0.717, 1.165) is 17.1 Å². The molecule has 0 atom stereocenters. The lowest BCUT2D eigenvalue weighted by Crippen LogP contribution is -2.09. The molecule has 8 rings (SSSR count). The highest BCUT2D eigenvalue weighted by Gasteiger charge is 2.13. The second-order valence-electron chi connectivity index (χ2n) is 11.1. The number of anilines is 3. The van der Waals surface area contributed by atoms with Gasteiger partial charge in [0.1, 0.15) is 0 Å². The fourth-order valence-electron chi connectivity index (χ4n) is 6.14. The van der Waals surface area contributed by atoms with Gasteiger partial charge in [0, 0.05) is 38.9 Å². The van der Waals surface area contributed by atoms with Gasteiger partial charge in [-0.05, 0) is 88.0 Å². The standard InChI is InChI=1S/C42H30N2/c1-3-9-30(10-4-1)32-19-24-37(25-20-32)44(36-11-5-2-6-12-36)38-26-21-33(22-27-38)31-15-17-34(18-16-31)35-23-28-42-40(29-35)39-13-7-8-14-41(39)43-42/h1-29,43H. The number of aromatic amines is 1. The molecule has 0 amide bonds. The molecule has 7 aromatic carbocycles. The number of fused-ring (bicyclic) bond motifs is 3. The van der Waals surface area contributed by atoms with E-state index in [4.69, 9.17) is 0 Å². The lowest BCUT2D eigenvalue weighted by molar-refractivity contribution is 1.28. The number of H-pyrrole nitrogens is 1. The Hall–Kier alpha value is -5.86. The van der Waals surface area contributed by atoms with Crippen molar-refractivity contribution in [2.45, 2.75) is 0 Å². The third-order valence-electron chi connectivity index (χ3n) is 8.43. The summed E-state index contributed by atoms with van der Waals surface area (Å²) in [4.78, 5) is 5.83. The summed E-state index contributed by atoms with van der Waals surface area (Å²) in [6, 6.07) is 62.8. The second-order valence-corrected chi connectivity index (χ2v) is 11.1. The van der Waals surface area contributed by atoms with Crippen LogP contribution in [-0.4, -0.2) is 4.98 Å². The molecule has 1 aromatic heterocycles. The Balaban J connectivity index is 1.08. The number of aromatic nitrogens is 1. The van der Waals surface area contributed by atoms with Crippen LogP contribution in [0.4, 0.5) is 17.1 Å². The summed E-state index contributed by atoms with van der Waals surface area (Å²) < 4.78 is 0. The fraction of sp³-hybridized carbons (Fsp3) is 0. The number of nitrogens with zero attached hydrogens (tertiary/aromatic N) is 1. The van der Waals surface area contributed by atoms with Crippen LogP contribution in [0.3, 0.4) is 0 Å². The quantitative estimate of drug-likeness (QED) is 0.214. The minimum atomic E-state index is 1.12. The van der Waals surface area contributed by atoms with Crippen LogP contribution in [0.15, 0.2) is 176 Å². The third-order valence-corrected chi connectivity index (χ3v) is 8.43. The van der Waals surface area contributed by atoms with E-state index in [-0.39, 0.29) is 0 Å². The molecule has 208 valence electrons. The first-order chi connectivity index (χ1) is 21.8. The Labute approximate surface area is 257 Å². The van der Waals surface area contributed by atoms with Crippen LogP contribution in [0.5, 0.6) is 0 Å². The van der Waals surface area contributed by atoms with Crippen LogP contribution in [0.1, 0.15) is 0 Å². The molecule has 0 saturated carbocycles. The average molecular weight is 563 g/mol. The van der Waals surface area contributed by atoms with E-state index in [1.807, 2.05) is 0 Å². The molecule has 0 bridgehead atoms. The smallest absolute Gasteiger partial charge is 0.0465 e. The number of hydrogen-bond acceptors (Lipinski definition) is 1. The molecule has 0 aliphatic carbocycles. The molecule has 44 heavy (non-hydrogen) atoms. The maximum atomic E-state index is 3.53. The molecule has 0 saturated heterocycles. The highest BCUT2D eigenvalue weighted by Crippen LogP contribution is 2.37. The van der Waals surface area contributed by atoms with Crippen LogP contribution < -0.4 is 4.90 Å². The van der Waals surface area contributed by atoms with Gasteiger partial charge in [0.2, 0.25) is 0 Å². The largest absolute Gasteiger partial charge is 0.355 e. The van der Waals surface area contributed by atoms with Gasteiger partial charge in [-0.15, -0.1) is 0 Å². The van der Waals surface area contributed by atoms with E-state index in [2.05, 4.69) is 186 Å². The van der Waals surface area contributed by atoms with Crippen molar-refractivity contribution in [1.29, 1.82) is 0 Å². The average Bonchev–Trinajstić information content (AvgIpc) is 3.48. The van der Waals surface area contributed by atoms with Gasteiger partial charge < -0.3 is 9.88 Å². The molecule has 0 fully saturated rings. The van der Waals surface area contributed by atoms with Crippen LogP contribution >= 0.6 is 0 Å². The number of hydrogen-bond donors (Lipinski definition) is 1. The van der Waals surface area contributed by atoms with Gasteiger partial charge in [0.15, 0.2) is 0 Å². The van der Waals surface area contributed by atoms with Crippen molar-refractivity contribution in [2.24, 2.45) is 0 Å². The fourth-order valence-corrected chi connectivity index (χ4v) is 6.14. The minimum Gasteiger partial charge on any atom is -0.355 e. The predicted molar refractivity (Wildman–Crippen MR) is 187 cm³/mol. The summed E-state index contributed by atoms with van der Waals surface area (Å²) in [5.74, 6) is 0. The van der Waals surface area contributed by atoms with Crippen LogP contribution in [-0.2, 0) is 0 Å². The molecule has 2 heteroatoms. The molecular formula is C42H30N2.